The molecule has 0 aromatic heterocycles. The third-order valence-electron chi connectivity index (χ3n) is 8.38. The fourth-order valence-corrected chi connectivity index (χ4v) is 6.23. The number of ether oxygens (including phenoxy) is 1. The van der Waals surface area contributed by atoms with Crippen molar-refractivity contribution in [1.29, 1.82) is 0 Å². The van der Waals surface area contributed by atoms with Crippen molar-refractivity contribution < 1.29 is 39.9 Å². The van der Waals surface area contributed by atoms with E-state index < -0.39 is 41.0 Å². The molecule has 0 heterocycles. The Morgan fingerprint density at radius 2 is 1.29 bits per heavy atom. The van der Waals surface area contributed by atoms with Crippen LogP contribution in [-0.2, 0) is 17.3 Å². The van der Waals surface area contributed by atoms with Gasteiger partial charge in [0.25, 0.3) is 0 Å². The van der Waals surface area contributed by atoms with Gasteiger partial charge in [0.1, 0.15) is 23.0 Å². The molecular formula is C29H32F8O. The van der Waals surface area contributed by atoms with Crippen molar-refractivity contribution in [3.8, 4) is 11.1 Å². The second-order valence-electron chi connectivity index (χ2n) is 11.0. The quantitative estimate of drug-likeness (QED) is 0.313. The van der Waals surface area contributed by atoms with Gasteiger partial charge in [-0.1, -0.05) is 44.7 Å². The predicted octanol–water partition coefficient (Wildman–Crippen LogP) is 9.92. The zero-order valence-corrected chi connectivity index (χ0v) is 21.2. The first kappa shape index (κ1) is 28.8. The van der Waals surface area contributed by atoms with Crippen LogP contribution < -0.4 is 0 Å². The lowest BCUT2D eigenvalue weighted by molar-refractivity contribution is -0.432. The minimum Gasteiger partial charge on any atom is -0.222 e. The molecule has 0 unspecified atom stereocenters. The maximum absolute atomic E-state index is 14.8. The van der Waals surface area contributed by atoms with Crippen molar-refractivity contribution >= 4 is 0 Å². The smallest absolute Gasteiger partial charge is 0.222 e. The molecule has 0 N–H and O–H groups in total. The second-order valence-corrected chi connectivity index (χ2v) is 11.0. The number of benzene rings is 2. The van der Waals surface area contributed by atoms with E-state index in [9.17, 15) is 35.1 Å². The molecule has 0 saturated heterocycles. The summed E-state index contributed by atoms with van der Waals surface area (Å²) in [5.74, 6) is -1.69. The summed E-state index contributed by atoms with van der Waals surface area (Å²) < 4.78 is 110. The van der Waals surface area contributed by atoms with E-state index in [2.05, 4.69) is 11.7 Å². The van der Waals surface area contributed by atoms with Crippen molar-refractivity contribution in [2.45, 2.75) is 83.6 Å². The van der Waals surface area contributed by atoms with Crippen LogP contribution in [-0.4, -0.2) is 6.36 Å². The minimum atomic E-state index is -5.82. The molecule has 0 bridgehead atoms. The molecule has 2 aromatic carbocycles. The maximum Gasteiger partial charge on any atom is 0.527 e. The normalized spacial score (nSPS) is 25.0. The summed E-state index contributed by atoms with van der Waals surface area (Å²) in [6.07, 6.45) is 0.533. The zero-order valence-electron chi connectivity index (χ0n) is 21.2. The Morgan fingerprint density at radius 3 is 1.82 bits per heavy atom. The van der Waals surface area contributed by atoms with Gasteiger partial charge in [0.2, 0.25) is 0 Å². The summed E-state index contributed by atoms with van der Waals surface area (Å²) in [6.45, 7) is 2.33. The van der Waals surface area contributed by atoms with E-state index in [4.69, 9.17) is 0 Å². The minimum absolute atomic E-state index is 0.250. The molecule has 0 amide bonds. The Labute approximate surface area is 217 Å². The van der Waals surface area contributed by atoms with E-state index in [1.165, 1.54) is 50.7 Å². The first-order valence-electron chi connectivity index (χ1n) is 13.3. The molecule has 2 saturated carbocycles. The molecule has 9 heteroatoms. The number of hydrogen-bond donors (Lipinski definition) is 0. The first-order valence-corrected chi connectivity index (χ1v) is 13.3. The molecule has 0 aliphatic heterocycles. The highest BCUT2D eigenvalue weighted by Gasteiger charge is 2.49. The average molecular weight is 549 g/mol. The summed E-state index contributed by atoms with van der Waals surface area (Å²) >= 11 is 0. The topological polar surface area (TPSA) is 9.23 Å². The van der Waals surface area contributed by atoms with Crippen molar-refractivity contribution in [2.24, 2.45) is 23.7 Å². The van der Waals surface area contributed by atoms with Gasteiger partial charge >= 0.3 is 12.5 Å². The van der Waals surface area contributed by atoms with E-state index in [-0.39, 0.29) is 5.56 Å². The summed E-state index contributed by atoms with van der Waals surface area (Å²) in [5.41, 5.74) is -2.15. The second kappa shape index (κ2) is 11.5. The molecular weight excluding hydrogens is 516 g/mol. The molecule has 2 aromatic rings. The average Bonchev–Trinajstić information content (AvgIpc) is 2.81. The van der Waals surface area contributed by atoms with Gasteiger partial charge in [-0.05, 0) is 91.5 Å². The Kier molecular flexibility index (Phi) is 8.75. The Bertz CT molecular complexity index is 1070. The fourth-order valence-electron chi connectivity index (χ4n) is 6.23. The summed E-state index contributed by atoms with van der Waals surface area (Å²) in [4.78, 5) is 0. The lowest BCUT2D eigenvalue weighted by atomic mass is 9.69. The highest BCUT2D eigenvalue weighted by atomic mass is 19.4. The van der Waals surface area contributed by atoms with Crippen LogP contribution in [0.2, 0.25) is 0 Å². The van der Waals surface area contributed by atoms with Crippen LogP contribution in [0.5, 0.6) is 0 Å². The fraction of sp³-hybridized carbons (Fsp3) is 0.586. The van der Waals surface area contributed by atoms with E-state index in [1.807, 2.05) is 0 Å². The maximum atomic E-state index is 14.8. The van der Waals surface area contributed by atoms with Crippen LogP contribution in [0.25, 0.3) is 11.1 Å². The zero-order chi connectivity index (χ0) is 27.7. The van der Waals surface area contributed by atoms with Crippen LogP contribution in [0, 0.1) is 41.1 Å². The Balaban J connectivity index is 1.36. The van der Waals surface area contributed by atoms with Crippen LogP contribution >= 0.6 is 0 Å². The lowest BCUT2D eigenvalue weighted by Gasteiger charge is -2.37. The molecule has 0 spiro atoms. The molecule has 210 valence electrons. The monoisotopic (exact) mass is 548 g/mol. The first-order chi connectivity index (χ1) is 17.8. The summed E-state index contributed by atoms with van der Waals surface area (Å²) in [7, 11) is 0. The van der Waals surface area contributed by atoms with Crippen LogP contribution in [0.1, 0.15) is 75.8 Å². The third kappa shape index (κ3) is 7.07. The number of aryl methyl sites for hydroxylation is 1. The van der Waals surface area contributed by atoms with Gasteiger partial charge in [-0.2, -0.15) is 8.78 Å². The molecule has 2 fully saturated rings. The van der Waals surface area contributed by atoms with Gasteiger partial charge in [-0.25, -0.2) is 17.9 Å². The van der Waals surface area contributed by atoms with Crippen LogP contribution in [0.4, 0.5) is 35.1 Å². The largest absolute Gasteiger partial charge is 0.527 e. The molecule has 38 heavy (non-hydrogen) atoms. The third-order valence-corrected chi connectivity index (χ3v) is 8.38. The highest BCUT2D eigenvalue weighted by Crippen LogP contribution is 2.43. The van der Waals surface area contributed by atoms with Crippen molar-refractivity contribution in [3.63, 3.8) is 0 Å². The molecule has 0 radical (unpaired) electrons. The Morgan fingerprint density at radius 1 is 0.737 bits per heavy atom. The van der Waals surface area contributed by atoms with E-state index in [0.29, 0.717) is 30.0 Å². The number of rotatable bonds is 7. The standard InChI is InChI=1S/C29H32F8O/c1-17-2-9-20(10-3-17)21-11-6-18(7-12-21)4-5-19-8-13-23(24(30)14-19)22-15-25(31)27(26(32)16-22)28(33,34)38-29(35,36)37/h8,13-18,20-21H,2-7,9-12H2,1H3. The van der Waals surface area contributed by atoms with Crippen molar-refractivity contribution in [3.05, 3.63) is 58.9 Å². The molecule has 4 rings (SSSR count). The number of halogens is 8. The van der Waals surface area contributed by atoms with Gasteiger partial charge < -0.3 is 0 Å². The van der Waals surface area contributed by atoms with Gasteiger partial charge in [-0.3, -0.25) is 0 Å². The predicted molar refractivity (Wildman–Crippen MR) is 128 cm³/mol. The van der Waals surface area contributed by atoms with E-state index >= 15 is 0 Å². The molecule has 2 aliphatic carbocycles. The molecule has 1 nitrogen and oxygen atoms in total. The highest BCUT2D eigenvalue weighted by molar-refractivity contribution is 5.65. The lowest BCUT2D eigenvalue weighted by Crippen LogP contribution is -2.29. The van der Waals surface area contributed by atoms with Gasteiger partial charge in [0, 0.05) is 5.56 Å². The van der Waals surface area contributed by atoms with Crippen LogP contribution in [0.3, 0.4) is 0 Å². The number of hydrogen-bond acceptors (Lipinski definition) is 1. The van der Waals surface area contributed by atoms with Crippen molar-refractivity contribution in [1.82, 2.24) is 0 Å². The molecule has 0 atom stereocenters. The summed E-state index contributed by atoms with van der Waals surface area (Å²) in [6, 6.07) is 4.89. The van der Waals surface area contributed by atoms with Gasteiger partial charge in [-0.15, -0.1) is 13.2 Å². The molecule has 2 aliphatic rings. The van der Waals surface area contributed by atoms with Gasteiger partial charge in [0.15, 0.2) is 0 Å². The summed E-state index contributed by atoms with van der Waals surface area (Å²) in [5, 5.41) is 0. The van der Waals surface area contributed by atoms with Crippen LogP contribution in [0.15, 0.2) is 30.3 Å². The van der Waals surface area contributed by atoms with Crippen molar-refractivity contribution in [2.75, 3.05) is 0 Å². The number of alkyl halides is 5. The van der Waals surface area contributed by atoms with E-state index in [0.717, 1.165) is 37.0 Å². The Hall–Kier alpha value is -2.16. The van der Waals surface area contributed by atoms with Gasteiger partial charge in [0.05, 0.1) is 0 Å². The SMILES string of the molecule is CC1CCC(C2CCC(CCc3ccc(-c4cc(F)c(C(F)(F)OC(F)(F)F)c(F)c4)c(F)c3)CC2)CC1. The van der Waals surface area contributed by atoms with E-state index in [1.54, 1.807) is 6.07 Å².